The Labute approximate surface area is 162 Å². The van der Waals surface area contributed by atoms with Gasteiger partial charge in [-0.05, 0) is 25.5 Å². The molecule has 1 atom stereocenters. The van der Waals surface area contributed by atoms with E-state index in [0.29, 0.717) is 13.2 Å². The number of para-hydroxylation sites is 1. The molecule has 2 aromatic rings. The minimum Gasteiger partial charge on any atom is -1.00 e. The van der Waals surface area contributed by atoms with Gasteiger partial charge in [-0.3, -0.25) is 4.79 Å². The SMILES string of the molecule is CC[NH2+]CCCN1C(=O)C(OCC)(c2ccccc2)c2ccccc21.[Cl-]. The molecule has 1 aliphatic heterocycles. The summed E-state index contributed by atoms with van der Waals surface area (Å²) < 4.78 is 6.17. The van der Waals surface area contributed by atoms with Crippen molar-refractivity contribution in [1.29, 1.82) is 0 Å². The van der Waals surface area contributed by atoms with Crippen molar-refractivity contribution in [3.05, 3.63) is 65.7 Å². The van der Waals surface area contributed by atoms with Gasteiger partial charge < -0.3 is 27.4 Å². The van der Waals surface area contributed by atoms with Gasteiger partial charge >= 0.3 is 0 Å². The minimum absolute atomic E-state index is 0. The van der Waals surface area contributed by atoms with Gasteiger partial charge in [0.2, 0.25) is 0 Å². The number of anilines is 1. The number of nitrogens with zero attached hydrogens (tertiary/aromatic N) is 1. The monoisotopic (exact) mass is 374 g/mol. The summed E-state index contributed by atoms with van der Waals surface area (Å²) in [6, 6.07) is 17.9. The summed E-state index contributed by atoms with van der Waals surface area (Å²) in [7, 11) is 0. The lowest BCUT2D eigenvalue weighted by atomic mass is 9.87. The minimum atomic E-state index is -1.03. The van der Waals surface area contributed by atoms with Gasteiger partial charge in [-0.15, -0.1) is 0 Å². The summed E-state index contributed by atoms with van der Waals surface area (Å²) in [5, 5.41) is 2.26. The largest absolute Gasteiger partial charge is 1.00 e. The standard InChI is InChI=1S/C21H26N2O2.ClH/c1-3-22-15-10-16-23-19-14-9-8-13-18(19)21(20(23)24,25-4-2)17-11-6-5-7-12-17;/h5-9,11-14,22H,3-4,10,15-16H2,1-2H3;1H. The highest BCUT2D eigenvalue weighted by molar-refractivity contribution is 6.09. The molecule has 0 fully saturated rings. The number of amides is 1. The molecule has 0 bridgehead atoms. The molecule has 140 valence electrons. The van der Waals surface area contributed by atoms with Crippen LogP contribution in [0.1, 0.15) is 31.4 Å². The molecule has 5 heteroatoms. The van der Waals surface area contributed by atoms with Crippen molar-refractivity contribution in [1.82, 2.24) is 0 Å². The maximum absolute atomic E-state index is 13.5. The number of hydrogen-bond donors (Lipinski definition) is 1. The first kappa shape index (κ1) is 20.4. The van der Waals surface area contributed by atoms with Crippen LogP contribution in [0.5, 0.6) is 0 Å². The van der Waals surface area contributed by atoms with Crippen molar-refractivity contribution in [2.75, 3.05) is 31.1 Å². The molecule has 1 unspecified atom stereocenters. The van der Waals surface area contributed by atoms with E-state index in [2.05, 4.69) is 12.2 Å². The normalized spacial score (nSPS) is 18.5. The second-order valence-corrected chi connectivity index (χ2v) is 6.29. The molecule has 1 heterocycles. The number of hydrogen-bond acceptors (Lipinski definition) is 2. The summed E-state index contributed by atoms with van der Waals surface area (Å²) in [6.45, 7) is 7.37. The molecule has 0 aromatic heterocycles. The van der Waals surface area contributed by atoms with Gasteiger partial charge in [0.1, 0.15) is 0 Å². The predicted molar refractivity (Wildman–Crippen MR) is 99.6 cm³/mol. The second kappa shape index (κ2) is 9.17. The van der Waals surface area contributed by atoms with Gasteiger partial charge in [-0.1, -0.05) is 48.5 Å². The van der Waals surface area contributed by atoms with Crippen LogP contribution >= 0.6 is 0 Å². The number of carbonyl (C=O) groups is 1. The number of nitrogens with two attached hydrogens (primary N) is 1. The first-order chi connectivity index (χ1) is 12.3. The summed E-state index contributed by atoms with van der Waals surface area (Å²) in [4.78, 5) is 15.4. The highest BCUT2D eigenvalue weighted by Gasteiger charge is 2.52. The summed E-state index contributed by atoms with van der Waals surface area (Å²) in [6.07, 6.45) is 0.963. The first-order valence-corrected chi connectivity index (χ1v) is 9.18. The van der Waals surface area contributed by atoms with E-state index >= 15 is 0 Å². The highest BCUT2D eigenvalue weighted by Crippen LogP contribution is 2.46. The fraction of sp³-hybridized carbons (Fsp3) is 0.381. The predicted octanol–water partition coefficient (Wildman–Crippen LogP) is -0.709. The molecule has 0 spiro atoms. The van der Waals surface area contributed by atoms with Gasteiger partial charge in [-0.2, -0.15) is 0 Å². The summed E-state index contributed by atoms with van der Waals surface area (Å²) in [5.74, 6) is 0.0262. The van der Waals surface area contributed by atoms with Crippen LogP contribution < -0.4 is 22.6 Å². The van der Waals surface area contributed by atoms with Crippen LogP contribution in [-0.4, -0.2) is 32.1 Å². The molecule has 1 aliphatic rings. The summed E-state index contributed by atoms with van der Waals surface area (Å²) >= 11 is 0. The number of ether oxygens (including phenoxy) is 1. The van der Waals surface area contributed by atoms with Gasteiger partial charge in [0.25, 0.3) is 5.91 Å². The average molecular weight is 375 g/mol. The Morgan fingerprint density at radius 1 is 1.04 bits per heavy atom. The zero-order valence-corrected chi connectivity index (χ0v) is 16.2. The molecule has 0 aliphatic carbocycles. The Morgan fingerprint density at radius 3 is 2.42 bits per heavy atom. The van der Waals surface area contributed by atoms with E-state index in [4.69, 9.17) is 4.74 Å². The number of carbonyl (C=O) groups excluding carboxylic acids is 1. The molecule has 2 aromatic carbocycles. The van der Waals surface area contributed by atoms with Crippen LogP contribution in [0.25, 0.3) is 0 Å². The Kier molecular flexibility index (Phi) is 7.21. The topological polar surface area (TPSA) is 46.2 Å². The lowest BCUT2D eigenvalue weighted by Crippen LogP contribution is -3.00. The van der Waals surface area contributed by atoms with Crippen molar-refractivity contribution in [3.8, 4) is 0 Å². The van der Waals surface area contributed by atoms with E-state index in [9.17, 15) is 4.79 Å². The quantitative estimate of drug-likeness (QED) is 0.621. The second-order valence-electron chi connectivity index (χ2n) is 6.29. The third-order valence-electron chi connectivity index (χ3n) is 4.74. The number of halogens is 1. The molecule has 2 N–H and O–H groups in total. The molecule has 26 heavy (non-hydrogen) atoms. The lowest BCUT2D eigenvalue weighted by Gasteiger charge is -2.29. The van der Waals surface area contributed by atoms with Crippen molar-refractivity contribution in [2.45, 2.75) is 25.9 Å². The zero-order chi connectivity index (χ0) is 17.7. The van der Waals surface area contributed by atoms with Gasteiger partial charge in [0, 0.05) is 25.1 Å². The van der Waals surface area contributed by atoms with Crippen molar-refractivity contribution in [2.24, 2.45) is 0 Å². The molecule has 0 saturated heterocycles. The maximum Gasteiger partial charge on any atom is 0.268 e. The smallest absolute Gasteiger partial charge is 0.268 e. The molecule has 4 nitrogen and oxygen atoms in total. The molecular formula is C21H27ClN2O2. The van der Waals surface area contributed by atoms with Gasteiger partial charge in [-0.25, -0.2) is 0 Å². The van der Waals surface area contributed by atoms with E-state index in [1.54, 1.807) is 0 Å². The third kappa shape index (κ3) is 3.50. The van der Waals surface area contributed by atoms with Crippen LogP contribution in [-0.2, 0) is 15.1 Å². The first-order valence-electron chi connectivity index (χ1n) is 9.18. The number of quaternary nitrogens is 1. The maximum atomic E-state index is 13.5. The Morgan fingerprint density at radius 2 is 1.73 bits per heavy atom. The Hall–Kier alpha value is -1.88. The fourth-order valence-corrected chi connectivity index (χ4v) is 3.63. The van der Waals surface area contributed by atoms with Crippen LogP contribution in [0.4, 0.5) is 5.69 Å². The van der Waals surface area contributed by atoms with Crippen molar-refractivity contribution >= 4 is 11.6 Å². The molecular weight excluding hydrogens is 348 g/mol. The van der Waals surface area contributed by atoms with E-state index in [1.165, 1.54) is 0 Å². The van der Waals surface area contributed by atoms with Crippen LogP contribution in [0.15, 0.2) is 54.6 Å². The number of benzene rings is 2. The fourth-order valence-electron chi connectivity index (χ4n) is 3.63. The Bertz CT molecular complexity index is 723. The van der Waals surface area contributed by atoms with E-state index in [-0.39, 0.29) is 18.3 Å². The van der Waals surface area contributed by atoms with Crippen molar-refractivity contribution < 1.29 is 27.3 Å². The van der Waals surface area contributed by atoms with Crippen LogP contribution in [0, 0.1) is 0 Å². The van der Waals surface area contributed by atoms with Gasteiger partial charge in [0.05, 0.1) is 18.8 Å². The van der Waals surface area contributed by atoms with E-state index in [1.807, 2.05) is 66.4 Å². The van der Waals surface area contributed by atoms with E-state index in [0.717, 1.165) is 36.3 Å². The Balaban J connectivity index is 0.00000243. The van der Waals surface area contributed by atoms with Crippen LogP contribution in [0.3, 0.4) is 0 Å². The molecule has 1 amide bonds. The average Bonchev–Trinajstić information content (AvgIpc) is 2.89. The summed E-state index contributed by atoms with van der Waals surface area (Å²) in [5.41, 5.74) is 1.80. The molecule has 0 saturated carbocycles. The molecule has 0 radical (unpaired) electrons. The van der Waals surface area contributed by atoms with Crippen LogP contribution in [0.2, 0.25) is 0 Å². The van der Waals surface area contributed by atoms with Gasteiger partial charge in [0.15, 0.2) is 5.60 Å². The lowest BCUT2D eigenvalue weighted by molar-refractivity contribution is -0.651. The molecule has 3 rings (SSSR count). The number of fused-ring (bicyclic) bond motifs is 1. The number of rotatable bonds is 8. The van der Waals surface area contributed by atoms with E-state index < -0.39 is 5.60 Å². The van der Waals surface area contributed by atoms with Crippen molar-refractivity contribution in [3.63, 3.8) is 0 Å². The zero-order valence-electron chi connectivity index (χ0n) is 15.5. The third-order valence-corrected chi connectivity index (χ3v) is 4.74. The highest BCUT2D eigenvalue weighted by atomic mass is 35.5.